The fourth-order valence-corrected chi connectivity index (χ4v) is 1.27. The highest BCUT2D eigenvalue weighted by atomic mass is 16.5. The molecule has 1 aliphatic rings. The lowest BCUT2D eigenvalue weighted by Gasteiger charge is -2.03. The second kappa shape index (κ2) is 4.48. The zero-order valence-corrected chi connectivity index (χ0v) is 8.36. The second-order valence-corrected chi connectivity index (χ2v) is 3.55. The highest BCUT2D eigenvalue weighted by Gasteiger charge is 2.20. The molecule has 0 radical (unpaired) electrons. The van der Waals surface area contributed by atoms with Gasteiger partial charge in [0.05, 0.1) is 5.69 Å². The van der Waals surface area contributed by atoms with Crippen LogP contribution in [0.1, 0.15) is 24.4 Å². The molecule has 1 heterocycles. The lowest BCUT2D eigenvalue weighted by Crippen LogP contribution is -2.16. The second-order valence-electron chi connectivity index (χ2n) is 3.55. The maximum absolute atomic E-state index is 4.98. The normalized spacial score (nSPS) is 15.8. The monoisotopic (exact) mass is 193 g/mol. The van der Waals surface area contributed by atoms with E-state index in [9.17, 15) is 0 Å². The Kier molecular flexibility index (Phi) is 3.06. The van der Waals surface area contributed by atoms with Gasteiger partial charge in [0.1, 0.15) is 6.61 Å². The number of hydrogen-bond donors (Lipinski definition) is 1. The quantitative estimate of drug-likeness (QED) is 0.754. The molecule has 1 N–H and O–H groups in total. The van der Waals surface area contributed by atoms with E-state index in [4.69, 9.17) is 4.74 Å². The largest absolute Gasteiger partial charge is 0.377 e. The van der Waals surface area contributed by atoms with Crippen LogP contribution in [-0.2, 0) is 17.9 Å². The summed E-state index contributed by atoms with van der Waals surface area (Å²) in [5, 5.41) is 3.41. The molecule has 1 aromatic heterocycles. The van der Waals surface area contributed by atoms with Crippen LogP contribution in [0, 0.1) is 0 Å². The third kappa shape index (κ3) is 2.75. The van der Waals surface area contributed by atoms with Crippen molar-refractivity contribution >= 4 is 0 Å². The van der Waals surface area contributed by atoms with E-state index in [2.05, 4.69) is 15.3 Å². The van der Waals surface area contributed by atoms with Gasteiger partial charge in [-0.3, -0.25) is 0 Å². The van der Waals surface area contributed by atoms with Crippen molar-refractivity contribution in [2.75, 3.05) is 7.11 Å². The van der Waals surface area contributed by atoms with Crippen LogP contribution in [0.3, 0.4) is 0 Å². The van der Waals surface area contributed by atoms with Gasteiger partial charge in [0, 0.05) is 25.9 Å². The molecule has 1 aliphatic carbocycles. The molecule has 4 heteroatoms. The van der Waals surface area contributed by atoms with E-state index < -0.39 is 0 Å². The van der Waals surface area contributed by atoms with Crippen LogP contribution in [0.4, 0.5) is 0 Å². The minimum atomic E-state index is 0.483. The van der Waals surface area contributed by atoms with Crippen molar-refractivity contribution in [2.24, 2.45) is 0 Å². The van der Waals surface area contributed by atoms with Crippen LogP contribution >= 0.6 is 0 Å². The molecule has 0 bridgehead atoms. The summed E-state index contributed by atoms with van der Waals surface area (Å²) in [7, 11) is 1.65. The van der Waals surface area contributed by atoms with Crippen molar-refractivity contribution in [2.45, 2.75) is 32.0 Å². The Morgan fingerprint density at radius 1 is 1.57 bits per heavy atom. The summed E-state index contributed by atoms with van der Waals surface area (Å²) < 4.78 is 4.98. The molecular formula is C10H15N3O. The first kappa shape index (κ1) is 9.55. The summed E-state index contributed by atoms with van der Waals surface area (Å²) in [5.41, 5.74) is 1.04. The summed E-state index contributed by atoms with van der Waals surface area (Å²) in [6, 6.07) is 2.66. The molecule has 0 unspecified atom stereocenters. The maximum atomic E-state index is 4.98. The summed E-state index contributed by atoms with van der Waals surface area (Å²) in [6.07, 6.45) is 4.39. The Bertz CT molecular complexity index is 299. The Morgan fingerprint density at radius 3 is 3.14 bits per heavy atom. The average molecular weight is 193 g/mol. The summed E-state index contributed by atoms with van der Waals surface area (Å²) >= 11 is 0. The third-order valence-corrected chi connectivity index (χ3v) is 2.19. The molecule has 0 aliphatic heterocycles. The van der Waals surface area contributed by atoms with E-state index in [0.717, 1.165) is 24.1 Å². The average Bonchev–Trinajstić information content (AvgIpc) is 2.99. The van der Waals surface area contributed by atoms with Crippen molar-refractivity contribution in [3.63, 3.8) is 0 Å². The molecule has 1 saturated carbocycles. The van der Waals surface area contributed by atoms with E-state index in [1.807, 2.05) is 6.07 Å². The SMILES string of the molecule is COCc1nccc(CNC2CC2)n1. The van der Waals surface area contributed by atoms with Crippen molar-refractivity contribution in [3.05, 3.63) is 23.8 Å². The van der Waals surface area contributed by atoms with Gasteiger partial charge in [-0.15, -0.1) is 0 Å². The van der Waals surface area contributed by atoms with Gasteiger partial charge in [0.2, 0.25) is 0 Å². The van der Waals surface area contributed by atoms with Crippen LogP contribution in [0.2, 0.25) is 0 Å². The van der Waals surface area contributed by atoms with Crippen molar-refractivity contribution in [1.82, 2.24) is 15.3 Å². The van der Waals surface area contributed by atoms with Gasteiger partial charge >= 0.3 is 0 Å². The standard InChI is InChI=1S/C10H15N3O/c1-14-7-10-11-5-4-9(13-10)6-12-8-2-3-8/h4-5,8,12H,2-3,6-7H2,1H3. The molecule has 76 valence electrons. The van der Waals surface area contributed by atoms with Gasteiger partial charge in [0.25, 0.3) is 0 Å². The van der Waals surface area contributed by atoms with E-state index in [1.54, 1.807) is 13.3 Å². The predicted molar refractivity (Wildman–Crippen MR) is 52.6 cm³/mol. The van der Waals surface area contributed by atoms with Crippen LogP contribution in [0.15, 0.2) is 12.3 Å². The fraction of sp³-hybridized carbons (Fsp3) is 0.600. The van der Waals surface area contributed by atoms with Crippen molar-refractivity contribution in [1.29, 1.82) is 0 Å². The first-order valence-electron chi connectivity index (χ1n) is 4.91. The number of nitrogens with zero attached hydrogens (tertiary/aromatic N) is 2. The lowest BCUT2D eigenvalue weighted by molar-refractivity contribution is 0.177. The van der Waals surface area contributed by atoms with Crippen LogP contribution < -0.4 is 5.32 Å². The van der Waals surface area contributed by atoms with Gasteiger partial charge in [-0.05, 0) is 18.9 Å². The van der Waals surface area contributed by atoms with Crippen LogP contribution in [0.25, 0.3) is 0 Å². The molecule has 0 spiro atoms. The Balaban J connectivity index is 1.90. The highest BCUT2D eigenvalue weighted by molar-refractivity contribution is 5.02. The first-order valence-corrected chi connectivity index (χ1v) is 4.91. The minimum Gasteiger partial charge on any atom is -0.377 e. The third-order valence-electron chi connectivity index (χ3n) is 2.19. The molecular weight excluding hydrogens is 178 g/mol. The van der Waals surface area contributed by atoms with Gasteiger partial charge in [-0.25, -0.2) is 9.97 Å². The summed E-state index contributed by atoms with van der Waals surface area (Å²) in [5.74, 6) is 0.752. The molecule has 0 saturated heterocycles. The highest BCUT2D eigenvalue weighted by Crippen LogP contribution is 2.18. The number of methoxy groups -OCH3 is 1. The molecule has 1 fully saturated rings. The Morgan fingerprint density at radius 2 is 2.43 bits per heavy atom. The summed E-state index contributed by atoms with van der Waals surface area (Å²) in [4.78, 5) is 8.47. The van der Waals surface area contributed by atoms with E-state index >= 15 is 0 Å². The molecule has 4 nitrogen and oxygen atoms in total. The number of rotatable bonds is 5. The molecule has 2 rings (SSSR count). The summed E-state index contributed by atoms with van der Waals surface area (Å²) in [6.45, 7) is 1.32. The minimum absolute atomic E-state index is 0.483. The van der Waals surface area contributed by atoms with Crippen LogP contribution in [0.5, 0.6) is 0 Å². The zero-order valence-electron chi connectivity index (χ0n) is 8.36. The van der Waals surface area contributed by atoms with Gasteiger partial charge < -0.3 is 10.1 Å². The van der Waals surface area contributed by atoms with Crippen molar-refractivity contribution < 1.29 is 4.74 Å². The molecule has 14 heavy (non-hydrogen) atoms. The van der Waals surface area contributed by atoms with Gasteiger partial charge in [0.15, 0.2) is 5.82 Å². The Hall–Kier alpha value is -1.00. The lowest BCUT2D eigenvalue weighted by atomic mass is 10.4. The van der Waals surface area contributed by atoms with Gasteiger partial charge in [-0.2, -0.15) is 0 Å². The molecule has 0 amide bonds. The molecule has 0 atom stereocenters. The maximum Gasteiger partial charge on any atom is 0.154 e. The van der Waals surface area contributed by atoms with Gasteiger partial charge in [-0.1, -0.05) is 0 Å². The fourth-order valence-electron chi connectivity index (χ4n) is 1.27. The smallest absolute Gasteiger partial charge is 0.154 e. The number of ether oxygens (including phenoxy) is 1. The zero-order chi connectivity index (χ0) is 9.80. The van der Waals surface area contributed by atoms with E-state index in [1.165, 1.54) is 12.8 Å². The molecule has 1 aromatic rings. The molecule has 0 aromatic carbocycles. The first-order chi connectivity index (χ1) is 6.88. The predicted octanol–water partition coefficient (Wildman–Crippen LogP) is 0.875. The Labute approximate surface area is 83.7 Å². The van der Waals surface area contributed by atoms with E-state index in [-0.39, 0.29) is 0 Å². The number of hydrogen-bond acceptors (Lipinski definition) is 4. The van der Waals surface area contributed by atoms with E-state index in [0.29, 0.717) is 6.61 Å². The number of aromatic nitrogens is 2. The van der Waals surface area contributed by atoms with Crippen LogP contribution in [-0.4, -0.2) is 23.1 Å². The van der Waals surface area contributed by atoms with Crippen molar-refractivity contribution in [3.8, 4) is 0 Å². The number of nitrogens with one attached hydrogen (secondary N) is 1. The topological polar surface area (TPSA) is 47.0 Å².